The Morgan fingerprint density at radius 1 is 0.800 bits per heavy atom. The van der Waals surface area contributed by atoms with Gasteiger partial charge >= 0.3 is 5.97 Å². The standard InChI is InChI=1S/C27H39NO7/c1-30-14-15-31-16-17-32-18-19-33-20-21-34-25-11-9-24(10-12-25)26(8-5-13-28)27(29)35-22-23-6-3-2-4-7-23/h2-4,6-7,9-12,26H,5,8,13-22,28H2,1H3. The fraction of sp³-hybridized carbons (Fsp3) is 0.519. The van der Waals surface area contributed by atoms with Crippen LogP contribution in [-0.2, 0) is 35.1 Å². The Balaban J connectivity index is 1.66. The molecule has 0 radical (unpaired) electrons. The maximum absolute atomic E-state index is 12.8. The van der Waals surface area contributed by atoms with Crippen molar-refractivity contribution in [3.8, 4) is 5.75 Å². The van der Waals surface area contributed by atoms with E-state index in [-0.39, 0.29) is 18.5 Å². The molecule has 2 rings (SSSR count). The average Bonchev–Trinajstić information content (AvgIpc) is 2.89. The third-order valence-corrected chi connectivity index (χ3v) is 5.16. The second kappa shape index (κ2) is 18.8. The summed E-state index contributed by atoms with van der Waals surface area (Å²) in [6, 6.07) is 17.2. The van der Waals surface area contributed by atoms with Gasteiger partial charge in [-0.3, -0.25) is 4.79 Å². The number of esters is 1. The van der Waals surface area contributed by atoms with Gasteiger partial charge in [-0.1, -0.05) is 42.5 Å². The average molecular weight is 490 g/mol. The number of ether oxygens (including phenoxy) is 6. The second-order valence-corrected chi connectivity index (χ2v) is 7.82. The van der Waals surface area contributed by atoms with Gasteiger partial charge in [0.2, 0.25) is 0 Å². The monoisotopic (exact) mass is 489 g/mol. The molecule has 0 fully saturated rings. The molecule has 0 spiro atoms. The smallest absolute Gasteiger partial charge is 0.313 e. The summed E-state index contributed by atoms with van der Waals surface area (Å²) in [6.45, 7) is 4.90. The molecule has 0 aliphatic rings. The molecule has 2 N–H and O–H groups in total. The highest BCUT2D eigenvalue weighted by Gasteiger charge is 2.22. The Labute approximate surface area is 208 Å². The van der Waals surface area contributed by atoms with Crippen molar-refractivity contribution in [2.75, 3.05) is 66.5 Å². The lowest BCUT2D eigenvalue weighted by Crippen LogP contribution is -2.17. The number of hydrogen-bond donors (Lipinski definition) is 1. The highest BCUT2D eigenvalue weighted by Crippen LogP contribution is 2.25. The van der Waals surface area contributed by atoms with Crippen molar-refractivity contribution in [1.29, 1.82) is 0 Å². The first-order chi connectivity index (χ1) is 17.2. The molecule has 1 unspecified atom stereocenters. The van der Waals surface area contributed by atoms with Crippen LogP contribution in [0.4, 0.5) is 0 Å². The van der Waals surface area contributed by atoms with Gasteiger partial charge < -0.3 is 34.2 Å². The number of carbonyl (C=O) groups is 1. The van der Waals surface area contributed by atoms with E-state index in [1.807, 2.05) is 54.6 Å². The van der Waals surface area contributed by atoms with Crippen LogP contribution in [0.5, 0.6) is 5.75 Å². The zero-order chi connectivity index (χ0) is 25.0. The fourth-order valence-electron chi connectivity index (χ4n) is 3.27. The van der Waals surface area contributed by atoms with E-state index in [0.717, 1.165) is 23.3 Å². The highest BCUT2D eigenvalue weighted by atomic mass is 16.6. The zero-order valence-corrected chi connectivity index (χ0v) is 20.7. The van der Waals surface area contributed by atoms with Crippen LogP contribution in [0.3, 0.4) is 0 Å². The van der Waals surface area contributed by atoms with Crippen LogP contribution >= 0.6 is 0 Å². The van der Waals surface area contributed by atoms with E-state index in [9.17, 15) is 4.79 Å². The molecular weight excluding hydrogens is 450 g/mol. The summed E-state index contributed by atoms with van der Waals surface area (Å²) in [5.74, 6) is 0.121. The van der Waals surface area contributed by atoms with E-state index in [1.54, 1.807) is 7.11 Å². The summed E-state index contributed by atoms with van der Waals surface area (Å²) < 4.78 is 32.5. The van der Waals surface area contributed by atoms with Crippen molar-refractivity contribution in [2.24, 2.45) is 5.73 Å². The lowest BCUT2D eigenvalue weighted by Gasteiger charge is -2.17. The minimum atomic E-state index is -0.356. The van der Waals surface area contributed by atoms with Crippen LogP contribution in [0.1, 0.15) is 29.9 Å². The SMILES string of the molecule is COCCOCCOCCOCCOc1ccc(C(CCCN)C(=O)OCc2ccccc2)cc1. The first-order valence-corrected chi connectivity index (χ1v) is 12.1. The first-order valence-electron chi connectivity index (χ1n) is 12.1. The summed E-state index contributed by atoms with van der Waals surface area (Å²) in [7, 11) is 1.64. The summed E-state index contributed by atoms with van der Waals surface area (Å²) in [5, 5.41) is 0. The van der Waals surface area contributed by atoms with Gasteiger partial charge in [0, 0.05) is 7.11 Å². The summed E-state index contributed by atoms with van der Waals surface area (Å²) in [5.41, 5.74) is 7.53. The molecule has 0 aliphatic carbocycles. The first kappa shape index (κ1) is 28.7. The van der Waals surface area contributed by atoms with Gasteiger partial charge in [0.05, 0.1) is 52.2 Å². The minimum Gasteiger partial charge on any atom is -0.491 e. The number of benzene rings is 2. The van der Waals surface area contributed by atoms with Gasteiger partial charge in [-0.25, -0.2) is 0 Å². The molecule has 194 valence electrons. The van der Waals surface area contributed by atoms with Crippen molar-refractivity contribution in [2.45, 2.75) is 25.4 Å². The molecule has 0 aliphatic heterocycles. The lowest BCUT2D eigenvalue weighted by atomic mass is 9.94. The molecule has 0 bridgehead atoms. The number of rotatable bonds is 20. The topological polar surface area (TPSA) is 98.5 Å². The molecule has 0 heterocycles. The Hall–Kier alpha value is -2.49. The Kier molecular flexibility index (Phi) is 15.4. The normalized spacial score (nSPS) is 11.8. The van der Waals surface area contributed by atoms with E-state index in [2.05, 4.69) is 0 Å². The molecule has 2 aromatic rings. The largest absolute Gasteiger partial charge is 0.491 e. The van der Waals surface area contributed by atoms with Crippen LogP contribution in [0.15, 0.2) is 54.6 Å². The molecule has 8 nitrogen and oxygen atoms in total. The third kappa shape index (κ3) is 12.7. The number of nitrogens with two attached hydrogens (primary N) is 1. The van der Waals surface area contributed by atoms with Gasteiger partial charge in [-0.2, -0.15) is 0 Å². The van der Waals surface area contributed by atoms with Crippen LogP contribution in [0, 0.1) is 0 Å². The molecule has 0 saturated carbocycles. The van der Waals surface area contributed by atoms with Gasteiger partial charge in [0.1, 0.15) is 19.0 Å². The maximum Gasteiger partial charge on any atom is 0.313 e. The van der Waals surface area contributed by atoms with E-state index in [0.29, 0.717) is 65.8 Å². The number of carbonyl (C=O) groups excluding carboxylic acids is 1. The molecular formula is C27H39NO7. The molecule has 1 atom stereocenters. The second-order valence-electron chi connectivity index (χ2n) is 7.82. The van der Waals surface area contributed by atoms with Crippen molar-refractivity contribution < 1.29 is 33.2 Å². The highest BCUT2D eigenvalue weighted by molar-refractivity contribution is 5.78. The lowest BCUT2D eigenvalue weighted by molar-refractivity contribution is -0.147. The van der Waals surface area contributed by atoms with Gasteiger partial charge in [0.25, 0.3) is 0 Å². The fourth-order valence-corrected chi connectivity index (χ4v) is 3.27. The summed E-state index contributed by atoms with van der Waals surface area (Å²) in [6.07, 6.45) is 1.38. The summed E-state index contributed by atoms with van der Waals surface area (Å²) >= 11 is 0. The van der Waals surface area contributed by atoms with E-state index < -0.39 is 0 Å². The Morgan fingerprint density at radius 3 is 2.00 bits per heavy atom. The zero-order valence-electron chi connectivity index (χ0n) is 20.7. The molecule has 35 heavy (non-hydrogen) atoms. The Bertz CT molecular complexity index is 786. The van der Waals surface area contributed by atoms with Crippen LogP contribution in [0.2, 0.25) is 0 Å². The van der Waals surface area contributed by atoms with Gasteiger partial charge in [-0.05, 0) is 42.6 Å². The Morgan fingerprint density at radius 2 is 1.40 bits per heavy atom. The van der Waals surface area contributed by atoms with Crippen molar-refractivity contribution in [1.82, 2.24) is 0 Å². The third-order valence-electron chi connectivity index (χ3n) is 5.16. The molecule has 0 amide bonds. The molecule has 2 aromatic carbocycles. The van der Waals surface area contributed by atoms with Gasteiger partial charge in [0.15, 0.2) is 0 Å². The molecule has 0 saturated heterocycles. The summed E-state index contributed by atoms with van der Waals surface area (Å²) in [4.78, 5) is 12.8. The van der Waals surface area contributed by atoms with Crippen molar-refractivity contribution in [3.63, 3.8) is 0 Å². The van der Waals surface area contributed by atoms with Gasteiger partial charge in [-0.15, -0.1) is 0 Å². The molecule has 0 aromatic heterocycles. The predicted octanol–water partition coefficient (Wildman–Crippen LogP) is 3.33. The van der Waals surface area contributed by atoms with Crippen LogP contribution in [0.25, 0.3) is 0 Å². The predicted molar refractivity (Wildman–Crippen MR) is 134 cm³/mol. The van der Waals surface area contributed by atoms with Crippen LogP contribution in [-0.4, -0.2) is 72.5 Å². The number of hydrogen-bond acceptors (Lipinski definition) is 8. The maximum atomic E-state index is 12.8. The molecule has 8 heteroatoms. The van der Waals surface area contributed by atoms with Crippen LogP contribution < -0.4 is 10.5 Å². The number of methoxy groups -OCH3 is 1. The van der Waals surface area contributed by atoms with Crippen molar-refractivity contribution in [3.05, 3.63) is 65.7 Å². The van der Waals surface area contributed by atoms with E-state index in [4.69, 9.17) is 34.2 Å². The van der Waals surface area contributed by atoms with E-state index >= 15 is 0 Å². The minimum absolute atomic E-state index is 0.242. The van der Waals surface area contributed by atoms with E-state index in [1.165, 1.54) is 0 Å². The quantitative estimate of drug-likeness (QED) is 0.223. The van der Waals surface area contributed by atoms with Crippen molar-refractivity contribution >= 4 is 5.97 Å².